The van der Waals surface area contributed by atoms with Crippen molar-refractivity contribution in [1.29, 1.82) is 0 Å². The number of hydrogen-bond donors (Lipinski definition) is 4. The van der Waals surface area contributed by atoms with Gasteiger partial charge in [-0.2, -0.15) is 0 Å². The normalized spacial score (nSPS) is 19.0. The van der Waals surface area contributed by atoms with E-state index in [1.165, 1.54) is 0 Å². The van der Waals surface area contributed by atoms with Gasteiger partial charge in [0.05, 0.1) is 0 Å². The van der Waals surface area contributed by atoms with Crippen LogP contribution < -0.4 is 16.5 Å². The summed E-state index contributed by atoms with van der Waals surface area (Å²) in [5, 5.41) is 12.5. The van der Waals surface area contributed by atoms with Crippen molar-refractivity contribution in [2.24, 2.45) is 11.1 Å². The number of benzene rings is 1. The molecule has 1 saturated heterocycles. The van der Waals surface area contributed by atoms with Crippen LogP contribution in [0.2, 0.25) is 0 Å². The van der Waals surface area contributed by atoms with Crippen LogP contribution in [0.15, 0.2) is 30.3 Å². The molecule has 0 spiro atoms. The third-order valence-corrected chi connectivity index (χ3v) is 5.52. The molecule has 1 aromatic carbocycles. The monoisotopic (exact) mass is 404 g/mol. The van der Waals surface area contributed by atoms with Crippen molar-refractivity contribution in [3.05, 3.63) is 35.9 Å². The summed E-state index contributed by atoms with van der Waals surface area (Å²) in [5.41, 5.74) is 5.65. The molecule has 160 valence electrons. The second-order valence-electron chi connectivity index (χ2n) is 8.95. The van der Waals surface area contributed by atoms with E-state index >= 15 is 0 Å². The maximum atomic E-state index is 13.8. The Hall–Kier alpha value is -2.29. The lowest BCUT2D eigenvalue weighted by atomic mass is 9.65. The van der Waals surface area contributed by atoms with Gasteiger partial charge in [0.15, 0.2) is 0 Å². The van der Waals surface area contributed by atoms with Crippen LogP contribution in [0.1, 0.15) is 46.1 Å². The average Bonchev–Trinajstić information content (AvgIpc) is 2.98. The molecule has 1 aliphatic rings. The molecule has 8 nitrogen and oxygen atoms in total. The van der Waals surface area contributed by atoms with Crippen LogP contribution in [-0.4, -0.2) is 52.0 Å². The predicted molar refractivity (Wildman–Crippen MR) is 109 cm³/mol. The zero-order chi connectivity index (χ0) is 21.9. The van der Waals surface area contributed by atoms with Crippen LogP contribution in [0.25, 0.3) is 0 Å². The number of hydroxylamine groups is 1. The number of nitrogens with two attached hydrogens (primary N) is 1. The first-order chi connectivity index (χ1) is 13.5. The molecule has 2 rings (SSSR count). The van der Waals surface area contributed by atoms with Crippen molar-refractivity contribution in [3.63, 3.8) is 0 Å². The Balaban J connectivity index is 2.77. The van der Waals surface area contributed by atoms with Gasteiger partial charge in [0, 0.05) is 43.3 Å². The Morgan fingerprint density at radius 3 is 2.10 bits per heavy atom. The van der Waals surface area contributed by atoms with Crippen LogP contribution in [0.5, 0.6) is 0 Å². The van der Waals surface area contributed by atoms with E-state index in [0.717, 1.165) is 10.5 Å². The van der Waals surface area contributed by atoms with Gasteiger partial charge in [0.1, 0.15) is 5.54 Å². The molecule has 8 heteroatoms. The molecule has 0 radical (unpaired) electrons. The van der Waals surface area contributed by atoms with Gasteiger partial charge in [0.2, 0.25) is 17.7 Å². The Morgan fingerprint density at radius 1 is 1.10 bits per heavy atom. The van der Waals surface area contributed by atoms with Gasteiger partial charge in [-0.05, 0) is 26.3 Å². The second kappa shape index (κ2) is 8.61. The lowest BCUT2D eigenvalue weighted by molar-refractivity contribution is -0.164. The fraction of sp³-hybridized carbons (Fsp3) is 0.571. The number of likely N-dealkylation sites (tertiary alicyclic amines) is 1. The van der Waals surface area contributed by atoms with Gasteiger partial charge in [-0.3, -0.25) is 19.3 Å². The van der Waals surface area contributed by atoms with Gasteiger partial charge >= 0.3 is 0 Å². The molecular formula is C21H32N4O4. The van der Waals surface area contributed by atoms with E-state index in [4.69, 9.17) is 5.73 Å². The topological polar surface area (TPSA) is 125 Å². The van der Waals surface area contributed by atoms with E-state index in [1.54, 1.807) is 6.92 Å². The van der Waals surface area contributed by atoms with Crippen molar-refractivity contribution in [2.75, 3.05) is 13.1 Å². The maximum absolute atomic E-state index is 13.8. The quantitative estimate of drug-likeness (QED) is 0.378. The summed E-state index contributed by atoms with van der Waals surface area (Å²) in [6.45, 7) is 7.08. The van der Waals surface area contributed by atoms with E-state index in [9.17, 15) is 19.6 Å². The molecule has 3 amide bonds. The van der Waals surface area contributed by atoms with E-state index in [2.05, 4.69) is 10.8 Å². The minimum atomic E-state index is -1.61. The number of carbonyl (C=O) groups excluding carboxylic acids is 3. The summed E-state index contributed by atoms with van der Waals surface area (Å²) in [4.78, 5) is 40.6. The fourth-order valence-corrected chi connectivity index (χ4v) is 3.92. The SMILES string of the molecule is CC(C)(C)NC(=O)[C@](Cc1ccccc1)(N1C(=O)CCC1=O)[C@](C)(CN)CNO. The van der Waals surface area contributed by atoms with Crippen LogP contribution in [0.3, 0.4) is 0 Å². The van der Waals surface area contributed by atoms with Crippen molar-refractivity contribution in [1.82, 2.24) is 15.7 Å². The minimum absolute atomic E-state index is 0.0397. The molecule has 0 bridgehead atoms. The highest BCUT2D eigenvalue weighted by Gasteiger charge is 2.61. The second-order valence-corrected chi connectivity index (χ2v) is 8.95. The van der Waals surface area contributed by atoms with E-state index in [0.29, 0.717) is 0 Å². The Labute approximate surface area is 171 Å². The lowest BCUT2D eigenvalue weighted by Gasteiger charge is -2.51. The van der Waals surface area contributed by atoms with Crippen LogP contribution in [0.4, 0.5) is 0 Å². The standard InChI is InChI=1S/C21H32N4O4/c1-19(2,3)24-18(28)21(20(4,13-22)14-23-29,12-15-8-6-5-7-9-15)25-16(26)10-11-17(25)27/h5-9,23,29H,10-14,22H2,1-4H3,(H,24,28)/t20-,21+/m1/s1. The molecule has 0 saturated carbocycles. The molecule has 2 atom stereocenters. The third-order valence-electron chi connectivity index (χ3n) is 5.52. The van der Waals surface area contributed by atoms with Gasteiger partial charge in [-0.25, -0.2) is 5.48 Å². The average molecular weight is 405 g/mol. The number of nitrogens with zero attached hydrogens (tertiary/aromatic N) is 1. The van der Waals surface area contributed by atoms with Crippen LogP contribution in [-0.2, 0) is 20.8 Å². The van der Waals surface area contributed by atoms with Gasteiger partial charge in [0.25, 0.3) is 0 Å². The molecule has 1 heterocycles. The highest BCUT2D eigenvalue weighted by molar-refractivity contribution is 6.08. The Bertz CT molecular complexity index is 746. The highest BCUT2D eigenvalue weighted by atomic mass is 16.5. The number of hydrogen-bond acceptors (Lipinski definition) is 6. The van der Waals surface area contributed by atoms with Gasteiger partial charge < -0.3 is 16.3 Å². The molecule has 1 fully saturated rings. The first-order valence-corrected chi connectivity index (χ1v) is 9.80. The molecular weight excluding hydrogens is 372 g/mol. The number of carbonyl (C=O) groups is 3. The zero-order valence-electron chi connectivity index (χ0n) is 17.6. The minimum Gasteiger partial charge on any atom is -0.349 e. The van der Waals surface area contributed by atoms with Crippen molar-refractivity contribution in [3.8, 4) is 0 Å². The van der Waals surface area contributed by atoms with Crippen molar-refractivity contribution < 1.29 is 19.6 Å². The number of imide groups is 1. The molecule has 1 aliphatic heterocycles. The number of nitrogens with one attached hydrogen (secondary N) is 2. The molecule has 0 unspecified atom stereocenters. The Kier molecular flexibility index (Phi) is 6.82. The lowest BCUT2D eigenvalue weighted by Crippen LogP contribution is -2.74. The van der Waals surface area contributed by atoms with Crippen molar-refractivity contribution >= 4 is 17.7 Å². The third kappa shape index (κ3) is 4.49. The summed E-state index contributed by atoms with van der Waals surface area (Å²) in [6, 6.07) is 9.20. The molecule has 0 aliphatic carbocycles. The summed E-state index contributed by atoms with van der Waals surface area (Å²) in [7, 11) is 0. The number of amides is 3. The molecule has 0 aromatic heterocycles. The van der Waals surface area contributed by atoms with Crippen LogP contribution >= 0.6 is 0 Å². The van der Waals surface area contributed by atoms with E-state index < -0.39 is 34.2 Å². The van der Waals surface area contributed by atoms with Crippen LogP contribution in [0, 0.1) is 5.41 Å². The summed E-state index contributed by atoms with van der Waals surface area (Å²) in [6.07, 6.45) is 0.180. The summed E-state index contributed by atoms with van der Waals surface area (Å²) < 4.78 is 0. The summed E-state index contributed by atoms with van der Waals surface area (Å²) >= 11 is 0. The smallest absolute Gasteiger partial charge is 0.247 e. The zero-order valence-corrected chi connectivity index (χ0v) is 17.6. The molecule has 1 aromatic rings. The van der Waals surface area contributed by atoms with Gasteiger partial charge in [-0.15, -0.1) is 0 Å². The molecule has 5 N–H and O–H groups in total. The maximum Gasteiger partial charge on any atom is 0.247 e. The highest BCUT2D eigenvalue weighted by Crippen LogP contribution is 2.42. The summed E-state index contributed by atoms with van der Waals surface area (Å²) in [5.74, 6) is -1.29. The predicted octanol–water partition coefficient (Wildman–Crippen LogP) is 0.975. The van der Waals surface area contributed by atoms with E-state index in [-0.39, 0.29) is 32.4 Å². The first-order valence-electron chi connectivity index (χ1n) is 9.80. The largest absolute Gasteiger partial charge is 0.349 e. The Morgan fingerprint density at radius 2 is 1.66 bits per heavy atom. The fourth-order valence-electron chi connectivity index (χ4n) is 3.92. The van der Waals surface area contributed by atoms with Gasteiger partial charge in [-0.1, -0.05) is 37.3 Å². The molecule has 29 heavy (non-hydrogen) atoms. The van der Waals surface area contributed by atoms with Crippen molar-refractivity contribution in [2.45, 2.75) is 58.0 Å². The number of rotatable bonds is 8. The first kappa shape index (κ1) is 23.0. The van der Waals surface area contributed by atoms with E-state index in [1.807, 2.05) is 51.1 Å².